The van der Waals surface area contributed by atoms with E-state index in [9.17, 15) is 45.1 Å². The fourth-order valence-corrected chi connectivity index (χ4v) is 6.18. The molecule has 3 N–H and O–H groups in total. The Labute approximate surface area is 313 Å². The van der Waals surface area contributed by atoms with Crippen molar-refractivity contribution in [1.29, 1.82) is 0 Å². The number of anilines is 2. The van der Waals surface area contributed by atoms with E-state index < -0.39 is 63.7 Å². The molecule has 0 saturated heterocycles. The number of hydrogen-bond donors (Lipinski definition) is 3. The zero-order valence-electron chi connectivity index (χ0n) is 28.6. The van der Waals surface area contributed by atoms with Crippen LogP contribution in [0.25, 0.3) is 6.08 Å². The molecular weight excluding hydrogens is 755 g/mol. The highest BCUT2D eigenvalue weighted by molar-refractivity contribution is 8.00. The normalized spacial score (nSPS) is 12.1. The molecule has 0 aliphatic carbocycles. The zero-order chi connectivity index (χ0) is 39.9. The van der Waals surface area contributed by atoms with Crippen LogP contribution in [-0.2, 0) is 15.8 Å². The molecule has 55 heavy (non-hydrogen) atoms. The molecule has 0 saturated carbocycles. The number of hydrogen-bond acceptors (Lipinski definition) is 6. The van der Waals surface area contributed by atoms with Crippen LogP contribution in [0, 0.1) is 23.3 Å². The second kappa shape index (κ2) is 17.2. The van der Waals surface area contributed by atoms with Crippen LogP contribution in [0.1, 0.15) is 32.3 Å². The van der Waals surface area contributed by atoms with Gasteiger partial charge in [-0.25, -0.2) is 17.6 Å². The number of methoxy groups -OCH3 is 2. The van der Waals surface area contributed by atoms with E-state index in [-0.39, 0.29) is 27.4 Å². The lowest BCUT2D eigenvalue weighted by Gasteiger charge is -2.19. The first-order valence-corrected chi connectivity index (χ1v) is 16.8. The summed E-state index contributed by atoms with van der Waals surface area (Å²) in [5.74, 6) is -12.2. The van der Waals surface area contributed by atoms with Crippen molar-refractivity contribution in [2.45, 2.75) is 16.3 Å². The highest BCUT2D eigenvalue weighted by Crippen LogP contribution is 2.41. The van der Waals surface area contributed by atoms with Crippen LogP contribution < -0.4 is 25.4 Å². The minimum Gasteiger partial charge on any atom is -0.497 e. The van der Waals surface area contributed by atoms with Crippen molar-refractivity contribution in [3.63, 3.8) is 0 Å². The van der Waals surface area contributed by atoms with Gasteiger partial charge >= 0.3 is 6.18 Å². The SMILES string of the molecule is COc1ccc(/C=C(/NC(=O)c2ccccc2)C(=O)Nc2cccc(SC(C(=O)Nc3c(F)c(F)c(C(F)(F)F)c(F)c3F)c3ccccc3)c2)c(OC)c1. The Bertz CT molecular complexity index is 2230. The van der Waals surface area contributed by atoms with Gasteiger partial charge in [0.05, 0.1) is 14.2 Å². The van der Waals surface area contributed by atoms with Crippen molar-refractivity contribution in [3.8, 4) is 11.5 Å². The van der Waals surface area contributed by atoms with Crippen molar-refractivity contribution < 1.29 is 54.6 Å². The molecule has 0 aliphatic rings. The van der Waals surface area contributed by atoms with Crippen LogP contribution in [0.4, 0.5) is 42.1 Å². The van der Waals surface area contributed by atoms with E-state index in [1.807, 2.05) is 0 Å². The lowest BCUT2D eigenvalue weighted by Crippen LogP contribution is -2.30. The van der Waals surface area contributed by atoms with Crippen LogP contribution in [0.2, 0.25) is 0 Å². The molecule has 16 heteroatoms. The van der Waals surface area contributed by atoms with Gasteiger partial charge in [0.2, 0.25) is 5.91 Å². The van der Waals surface area contributed by atoms with Gasteiger partial charge in [-0.1, -0.05) is 54.6 Å². The molecule has 0 spiro atoms. The highest BCUT2D eigenvalue weighted by Gasteiger charge is 2.43. The van der Waals surface area contributed by atoms with Gasteiger partial charge in [-0.2, -0.15) is 13.2 Å². The van der Waals surface area contributed by atoms with E-state index in [1.165, 1.54) is 68.8 Å². The molecule has 8 nitrogen and oxygen atoms in total. The average molecular weight is 784 g/mol. The number of benzene rings is 5. The second-order valence-electron chi connectivity index (χ2n) is 11.4. The van der Waals surface area contributed by atoms with Crippen molar-refractivity contribution in [2.24, 2.45) is 0 Å². The molecule has 0 radical (unpaired) electrons. The van der Waals surface area contributed by atoms with Gasteiger partial charge in [0.15, 0.2) is 23.3 Å². The number of nitrogens with one attached hydrogen (secondary N) is 3. The minimum atomic E-state index is -5.77. The summed E-state index contributed by atoms with van der Waals surface area (Å²) in [4.78, 5) is 40.7. The van der Waals surface area contributed by atoms with Gasteiger partial charge in [-0.15, -0.1) is 11.8 Å². The molecule has 5 rings (SSSR count). The first-order valence-electron chi connectivity index (χ1n) is 15.9. The topological polar surface area (TPSA) is 106 Å². The summed E-state index contributed by atoms with van der Waals surface area (Å²) < 4.78 is 108. The van der Waals surface area contributed by atoms with Crippen molar-refractivity contribution >= 4 is 46.9 Å². The largest absolute Gasteiger partial charge is 0.497 e. The number of alkyl halides is 3. The molecule has 1 unspecified atom stereocenters. The van der Waals surface area contributed by atoms with E-state index in [0.29, 0.717) is 17.1 Å². The molecule has 0 bridgehead atoms. The molecular formula is C39H28F7N3O5S. The van der Waals surface area contributed by atoms with E-state index in [2.05, 4.69) is 10.6 Å². The third-order valence-corrected chi connectivity index (χ3v) is 9.00. The third-order valence-electron chi connectivity index (χ3n) is 7.75. The van der Waals surface area contributed by atoms with E-state index >= 15 is 0 Å². The molecule has 5 aromatic rings. The predicted molar refractivity (Wildman–Crippen MR) is 191 cm³/mol. The summed E-state index contributed by atoms with van der Waals surface area (Å²) in [5.41, 5.74) is -3.67. The molecule has 1 atom stereocenters. The number of halogens is 7. The van der Waals surface area contributed by atoms with Crippen LogP contribution >= 0.6 is 11.8 Å². The molecule has 284 valence electrons. The van der Waals surface area contributed by atoms with Crippen LogP contribution in [-0.4, -0.2) is 31.9 Å². The lowest BCUT2D eigenvalue weighted by atomic mass is 10.1. The lowest BCUT2D eigenvalue weighted by molar-refractivity contribution is -0.143. The van der Waals surface area contributed by atoms with Gasteiger partial charge < -0.3 is 25.4 Å². The first kappa shape index (κ1) is 39.9. The Hall–Kier alpha value is -6.29. The summed E-state index contributed by atoms with van der Waals surface area (Å²) in [6.45, 7) is 0. The maximum atomic E-state index is 14.7. The number of thioether (sulfide) groups is 1. The van der Waals surface area contributed by atoms with Crippen molar-refractivity contribution in [2.75, 3.05) is 24.9 Å². The van der Waals surface area contributed by atoms with E-state index in [0.717, 1.165) is 11.8 Å². The quantitative estimate of drug-likeness (QED) is 0.0505. The zero-order valence-corrected chi connectivity index (χ0v) is 29.4. The molecule has 0 heterocycles. The summed E-state index contributed by atoms with van der Waals surface area (Å²) in [5, 5.41) is 5.57. The molecule has 5 aromatic carbocycles. The Balaban J connectivity index is 1.44. The summed E-state index contributed by atoms with van der Waals surface area (Å²) in [7, 11) is 2.87. The molecule has 0 aromatic heterocycles. The van der Waals surface area contributed by atoms with Crippen molar-refractivity contribution in [1.82, 2.24) is 5.32 Å². The van der Waals surface area contributed by atoms with Gasteiger partial charge in [0.1, 0.15) is 33.7 Å². The number of amides is 3. The molecule has 3 amide bonds. The number of rotatable bonds is 12. The smallest absolute Gasteiger partial charge is 0.422 e. The summed E-state index contributed by atoms with van der Waals surface area (Å²) in [6, 6.07) is 26.4. The number of carbonyl (C=O) groups is 3. The average Bonchev–Trinajstić information content (AvgIpc) is 3.17. The first-order chi connectivity index (χ1) is 26.2. The predicted octanol–water partition coefficient (Wildman–Crippen LogP) is 9.16. The number of ether oxygens (including phenoxy) is 2. The monoisotopic (exact) mass is 783 g/mol. The van der Waals surface area contributed by atoms with E-state index in [1.54, 1.807) is 59.9 Å². The Kier molecular flexibility index (Phi) is 12.5. The van der Waals surface area contributed by atoms with Crippen LogP contribution in [0.3, 0.4) is 0 Å². The highest BCUT2D eigenvalue weighted by atomic mass is 32.2. The van der Waals surface area contributed by atoms with E-state index in [4.69, 9.17) is 9.47 Å². The van der Waals surface area contributed by atoms with Gasteiger partial charge in [-0.3, -0.25) is 14.4 Å². The maximum Gasteiger partial charge on any atom is 0.422 e. The maximum absolute atomic E-state index is 14.7. The molecule has 0 fully saturated rings. The Morgan fingerprint density at radius 3 is 1.96 bits per heavy atom. The van der Waals surface area contributed by atoms with Crippen LogP contribution in [0.5, 0.6) is 11.5 Å². The minimum absolute atomic E-state index is 0.160. The summed E-state index contributed by atoms with van der Waals surface area (Å²) >= 11 is 0.777. The Morgan fingerprint density at radius 2 is 1.36 bits per heavy atom. The van der Waals surface area contributed by atoms with Gasteiger partial charge in [0, 0.05) is 27.8 Å². The standard InChI is InChI=1S/C39H28F7N3O5S/c1-53-25-17-16-23(28(20-25)54-2)18-27(48-36(50)22-12-7-4-8-13-22)37(51)47-24-14-9-15-26(19-24)55-35(21-10-5-3-6-11-21)38(52)49-34-32(42)30(40)29(39(44,45)46)31(41)33(34)43/h3-20,35H,1-2H3,(H,47,51)(H,48,50)(H,49,52)/b27-18+. The molecule has 0 aliphatic heterocycles. The van der Waals surface area contributed by atoms with Gasteiger partial charge in [-0.05, 0) is 54.1 Å². The van der Waals surface area contributed by atoms with Crippen LogP contribution in [0.15, 0.2) is 114 Å². The fraction of sp³-hybridized carbons (Fsp3) is 0.103. The second-order valence-corrected chi connectivity index (χ2v) is 12.5. The fourth-order valence-electron chi connectivity index (χ4n) is 5.10. The van der Waals surface area contributed by atoms with Crippen molar-refractivity contribution in [3.05, 3.63) is 154 Å². The Morgan fingerprint density at radius 1 is 0.727 bits per heavy atom. The summed E-state index contributed by atoms with van der Waals surface area (Å²) in [6.07, 6.45) is -4.39. The van der Waals surface area contributed by atoms with Gasteiger partial charge in [0.25, 0.3) is 11.8 Å². The third kappa shape index (κ3) is 9.45. The number of carbonyl (C=O) groups excluding carboxylic acids is 3.